The largest absolute Gasteiger partial charge is 0.481 e. The number of β-lactam (4-membered cyclic amide) rings is 1. The summed E-state index contributed by atoms with van der Waals surface area (Å²) < 4.78 is 4.52. The Balaban J connectivity index is 1.47. The summed E-state index contributed by atoms with van der Waals surface area (Å²) in [5.41, 5.74) is -1.67. The molecule has 220 valence electrons. The van der Waals surface area contributed by atoms with Crippen LogP contribution >= 0.6 is 34.9 Å². The Morgan fingerprint density at radius 3 is 2.90 bits per heavy atom. The van der Waals surface area contributed by atoms with Gasteiger partial charge in [-0.2, -0.15) is 5.21 Å². The van der Waals surface area contributed by atoms with Gasteiger partial charge in [-0.1, -0.05) is 16.9 Å². The summed E-state index contributed by atoms with van der Waals surface area (Å²) in [5, 5.41) is 42.7. The highest BCUT2D eigenvalue weighted by Crippen LogP contribution is 2.48. The zero-order valence-electron chi connectivity index (χ0n) is 20.9. The van der Waals surface area contributed by atoms with E-state index in [-0.39, 0.29) is 66.7 Å². The SMILES string of the molecule is O=CNc1nc(C(=NOCCOC=O)C(=O)NC2C(=O)N3CC(C(=O)O)(C(CCO)Sc4nn[nH]n4)CS[C@H]23)cs1. The highest BCUT2D eigenvalue weighted by molar-refractivity contribution is 8.01. The number of oxime groups is 1. The van der Waals surface area contributed by atoms with Crippen LogP contribution in [0.1, 0.15) is 12.1 Å². The number of fused-ring (bicyclic) bond motifs is 1. The van der Waals surface area contributed by atoms with Gasteiger partial charge >= 0.3 is 5.97 Å². The number of thiazole rings is 1. The molecule has 0 bridgehead atoms. The van der Waals surface area contributed by atoms with E-state index >= 15 is 0 Å². The van der Waals surface area contributed by atoms with E-state index in [1.807, 2.05) is 0 Å². The molecule has 3 amide bonds. The minimum atomic E-state index is -1.44. The molecule has 2 aliphatic heterocycles. The highest BCUT2D eigenvalue weighted by Gasteiger charge is 2.60. The molecule has 2 aromatic heterocycles. The normalized spacial score (nSPS) is 22.6. The van der Waals surface area contributed by atoms with Gasteiger partial charge < -0.3 is 35.3 Å². The number of carboxylic acid groups (broad SMARTS) is 1. The predicted octanol–water partition coefficient (Wildman–Crippen LogP) is -1.87. The summed E-state index contributed by atoms with van der Waals surface area (Å²) in [6.45, 7) is -0.518. The first kappa shape index (κ1) is 30.1. The quantitative estimate of drug-likeness (QED) is 0.0341. The highest BCUT2D eigenvalue weighted by atomic mass is 32.2. The zero-order chi connectivity index (χ0) is 29.4. The van der Waals surface area contributed by atoms with E-state index < -0.39 is 39.9 Å². The molecule has 3 unspecified atom stereocenters. The average Bonchev–Trinajstić information content (AvgIpc) is 3.65. The number of tetrazole rings is 1. The summed E-state index contributed by atoms with van der Waals surface area (Å²) in [6, 6.07) is -0.991. The average molecular weight is 630 g/mol. The van der Waals surface area contributed by atoms with Gasteiger partial charge in [-0.3, -0.25) is 24.0 Å². The van der Waals surface area contributed by atoms with Gasteiger partial charge in [0.1, 0.15) is 29.1 Å². The van der Waals surface area contributed by atoms with Gasteiger partial charge in [0.15, 0.2) is 17.5 Å². The van der Waals surface area contributed by atoms with Crippen molar-refractivity contribution >= 4 is 76.4 Å². The van der Waals surface area contributed by atoms with Crippen LogP contribution in [0.5, 0.6) is 0 Å². The molecule has 0 aliphatic carbocycles. The number of aliphatic hydroxyl groups excluding tert-OH is 1. The first-order valence-corrected chi connectivity index (χ1v) is 14.5. The van der Waals surface area contributed by atoms with Crippen LogP contribution in [0.2, 0.25) is 0 Å². The van der Waals surface area contributed by atoms with E-state index in [1.165, 1.54) is 22.0 Å². The van der Waals surface area contributed by atoms with Crippen LogP contribution in [0.4, 0.5) is 5.13 Å². The zero-order valence-corrected chi connectivity index (χ0v) is 23.3. The topological polar surface area (TPSA) is 251 Å². The minimum Gasteiger partial charge on any atom is -0.481 e. The number of hydrogen-bond donors (Lipinski definition) is 5. The molecule has 5 N–H and O–H groups in total. The van der Waals surface area contributed by atoms with Crippen LogP contribution in [0.3, 0.4) is 0 Å². The molecule has 41 heavy (non-hydrogen) atoms. The van der Waals surface area contributed by atoms with Gasteiger partial charge in [-0.15, -0.1) is 33.3 Å². The lowest BCUT2D eigenvalue weighted by atomic mass is 9.82. The van der Waals surface area contributed by atoms with E-state index in [9.17, 15) is 34.2 Å². The fourth-order valence-electron chi connectivity index (χ4n) is 4.11. The number of carboxylic acids is 1. The number of aromatic amines is 1. The van der Waals surface area contributed by atoms with Crippen molar-refractivity contribution in [2.75, 3.05) is 37.4 Å². The summed E-state index contributed by atoms with van der Waals surface area (Å²) in [5.74, 6) is -2.38. The lowest BCUT2D eigenvalue weighted by molar-refractivity contribution is -0.158. The van der Waals surface area contributed by atoms with Gasteiger partial charge in [0.05, 0.1) is 0 Å². The first-order chi connectivity index (χ1) is 19.8. The Morgan fingerprint density at radius 2 is 2.22 bits per heavy atom. The van der Waals surface area contributed by atoms with Gasteiger partial charge in [-0.05, 0) is 11.6 Å². The third kappa shape index (κ3) is 6.57. The van der Waals surface area contributed by atoms with E-state index in [0.29, 0.717) is 6.41 Å². The number of thioether (sulfide) groups is 2. The molecule has 21 heteroatoms. The van der Waals surface area contributed by atoms with Crippen LogP contribution in [0.15, 0.2) is 15.7 Å². The van der Waals surface area contributed by atoms with Gasteiger partial charge in [0.2, 0.25) is 17.5 Å². The number of amides is 3. The van der Waals surface area contributed by atoms with Crippen LogP contribution < -0.4 is 10.6 Å². The smallest absolute Gasteiger partial charge is 0.313 e. The summed E-state index contributed by atoms with van der Waals surface area (Å²) in [7, 11) is 0. The van der Waals surface area contributed by atoms with Crippen LogP contribution in [0, 0.1) is 5.41 Å². The van der Waals surface area contributed by atoms with Gasteiger partial charge in [-0.25, -0.2) is 4.98 Å². The van der Waals surface area contributed by atoms with Crippen LogP contribution in [0.25, 0.3) is 0 Å². The van der Waals surface area contributed by atoms with Crippen molar-refractivity contribution in [2.45, 2.75) is 28.2 Å². The van der Waals surface area contributed by atoms with Crippen molar-refractivity contribution in [1.82, 2.24) is 35.8 Å². The Kier molecular flexibility index (Phi) is 10.1. The molecule has 2 aliphatic rings. The number of aliphatic carboxylic acids is 1. The maximum absolute atomic E-state index is 13.2. The molecule has 0 aromatic carbocycles. The second-order valence-electron chi connectivity index (χ2n) is 8.43. The van der Waals surface area contributed by atoms with Crippen molar-refractivity contribution in [3.63, 3.8) is 0 Å². The Hall–Kier alpha value is -3.82. The summed E-state index contributed by atoms with van der Waals surface area (Å²) in [4.78, 5) is 70.5. The Labute approximate surface area is 243 Å². The van der Waals surface area contributed by atoms with Crippen molar-refractivity contribution in [2.24, 2.45) is 10.6 Å². The van der Waals surface area contributed by atoms with Crippen molar-refractivity contribution in [3.05, 3.63) is 11.1 Å². The molecule has 2 saturated heterocycles. The molecule has 0 radical (unpaired) electrons. The number of carbonyl (C=O) groups excluding carboxylic acids is 4. The van der Waals surface area contributed by atoms with Crippen LogP contribution in [-0.2, 0) is 33.5 Å². The second-order valence-corrected chi connectivity index (χ2v) is 11.6. The van der Waals surface area contributed by atoms with Gasteiger partial charge in [0, 0.05) is 29.5 Å². The number of aliphatic hydroxyl groups is 1. The number of carbonyl (C=O) groups is 5. The van der Waals surface area contributed by atoms with Crippen molar-refractivity contribution < 1.29 is 43.8 Å². The third-order valence-corrected chi connectivity index (χ3v) is 9.74. The lowest BCUT2D eigenvalue weighted by Crippen LogP contribution is -2.75. The minimum absolute atomic E-state index is 0.0586. The number of nitrogens with zero attached hydrogens (tertiary/aromatic N) is 6. The van der Waals surface area contributed by atoms with E-state index in [2.05, 4.69) is 46.1 Å². The van der Waals surface area contributed by atoms with Crippen molar-refractivity contribution in [3.8, 4) is 0 Å². The predicted molar refractivity (Wildman–Crippen MR) is 142 cm³/mol. The molecular weight excluding hydrogens is 606 g/mol. The number of rotatable bonds is 16. The molecule has 4 heterocycles. The fourth-order valence-corrected chi connectivity index (χ4v) is 7.63. The maximum Gasteiger partial charge on any atom is 0.313 e. The number of hydrogen-bond acceptors (Lipinski definition) is 16. The maximum atomic E-state index is 13.2. The molecular formula is C20H23N9O9S3. The molecule has 4 atom stereocenters. The molecule has 18 nitrogen and oxygen atoms in total. The number of H-pyrrole nitrogens is 1. The standard InChI is InChI=1S/C20H23N9O9S3/c30-2-1-11(41-19-24-27-28-25-19)20(17(35)36)6-29-15(34)13(16(29)40-7-20)23-14(33)12(26-38-4-3-37-9-32)10-5-39-18(22-10)21-8-31/h5,8-9,11,13,16,30H,1-4,6-7H2,(H,23,33)(H,35,36)(H,21,22,31)(H,24,25,27,28)/t11?,13?,16-,20?/m1/s1. The first-order valence-electron chi connectivity index (χ1n) is 11.7. The monoisotopic (exact) mass is 629 g/mol. The Bertz CT molecular complexity index is 1290. The molecule has 4 rings (SSSR count). The van der Waals surface area contributed by atoms with Crippen molar-refractivity contribution in [1.29, 1.82) is 0 Å². The number of aromatic nitrogens is 5. The fraction of sp³-hybridized carbons (Fsp3) is 0.500. The third-order valence-electron chi connectivity index (χ3n) is 6.06. The second kappa shape index (κ2) is 13.7. The molecule has 0 spiro atoms. The lowest BCUT2D eigenvalue weighted by Gasteiger charge is -2.55. The van der Waals surface area contributed by atoms with E-state index in [1.54, 1.807) is 0 Å². The molecule has 2 fully saturated rings. The van der Waals surface area contributed by atoms with E-state index in [4.69, 9.17) is 4.84 Å². The van der Waals surface area contributed by atoms with Crippen LogP contribution in [-0.4, -0.2) is 126 Å². The van der Waals surface area contributed by atoms with Gasteiger partial charge in [0.25, 0.3) is 12.4 Å². The number of anilines is 1. The molecule has 2 aromatic rings. The summed E-state index contributed by atoms with van der Waals surface area (Å²) in [6.07, 6.45) is 0.517. The summed E-state index contributed by atoms with van der Waals surface area (Å²) >= 11 is 3.25. The molecule has 0 saturated carbocycles. The number of ether oxygens (including phenoxy) is 1. The Morgan fingerprint density at radius 1 is 1.39 bits per heavy atom. The number of nitrogens with one attached hydrogen (secondary N) is 3. The van der Waals surface area contributed by atoms with E-state index in [0.717, 1.165) is 23.1 Å².